The normalized spacial score (nSPS) is 21.3. The van der Waals surface area contributed by atoms with E-state index in [2.05, 4.69) is 27.3 Å². The molecule has 2 N–H and O–H groups in total. The van der Waals surface area contributed by atoms with Gasteiger partial charge in [-0.2, -0.15) is 5.10 Å². The van der Waals surface area contributed by atoms with Gasteiger partial charge in [0.1, 0.15) is 11.6 Å². The van der Waals surface area contributed by atoms with Gasteiger partial charge in [-0.15, -0.1) is 0 Å². The number of aromatic nitrogens is 2. The first-order valence-corrected chi connectivity index (χ1v) is 8.35. The summed E-state index contributed by atoms with van der Waals surface area (Å²) in [6, 6.07) is 3.53. The van der Waals surface area contributed by atoms with Gasteiger partial charge >= 0.3 is 0 Å². The molecular weight excluding hydrogens is 326 g/mol. The van der Waals surface area contributed by atoms with E-state index < -0.39 is 11.6 Å². The molecule has 2 aromatic rings. The summed E-state index contributed by atoms with van der Waals surface area (Å²) in [5.41, 5.74) is 1.36. The molecular formula is C18H22F2N4O. The van der Waals surface area contributed by atoms with E-state index in [9.17, 15) is 13.6 Å². The van der Waals surface area contributed by atoms with E-state index in [1.54, 1.807) is 7.05 Å². The van der Waals surface area contributed by atoms with Gasteiger partial charge in [-0.1, -0.05) is 6.92 Å². The van der Waals surface area contributed by atoms with Gasteiger partial charge in [0.2, 0.25) is 0 Å². The first kappa shape index (κ1) is 17.5. The fraction of sp³-hybridized carbons (Fsp3) is 0.444. The maximum atomic E-state index is 13.9. The van der Waals surface area contributed by atoms with Crippen molar-refractivity contribution in [2.24, 2.45) is 0 Å². The number of nitrogens with zero attached hydrogens (tertiary/aromatic N) is 2. The van der Waals surface area contributed by atoms with Crippen molar-refractivity contribution in [2.75, 3.05) is 20.1 Å². The molecule has 5 nitrogen and oxygen atoms in total. The molecule has 3 rings (SSSR count). The zero-order valence-electron chi connectivity index (χ0n) is 14.4. The molecule has 0 saturated carbocycles. The summed E-state index contributed by atoms with van der Waals surface area (Å²) in [5, 5.41) is 9.62. The van der Waals surface area contributed by atoms with Crippen molar-refractivity contribution in [1.82, 2.24) is 20.4 Å². The minimum absolute atomic E-state index is 0.182. The first-order valence-electron chi connectivity index (χ1n) is 8.35. The SMILES string of the molecule is CNC(=O)c1cn[nH]c1C1(C)CCCN(Cc2cc(F)ccc2F)C1. The van der Waals surface area contributed by atoms with Crippen molar-refractivity contribution in [3.8, 4) is 0 Å². The summed E-state index contributed by atoms with van der Waals surface area (Å²) < 4.78 is 27.4. The molecule has 1 amide bonds. The number of carbonyl (C=O) groups is 1. The van der Waals surface area contributed by atoms with E-state index >= 15 is 0 Å². The lowest BCUT2D eigenvalue weighted by molar-refractivity contribution is 0.0955. The average molecular weight is 348 g/mol. The van der Waals surface area contributed by atoms with Crippen LogP contribution in [0.1, 0.15) is 41.4 Å². The number of piperidine rings is 1. The number of H-pyrrole nitrogens is 1. The van der Waals surface area contributed by atoms with Crippen LogP contribution >= 0.6 is 0 Å². The zero-order valence-corrected chi connectivity index (χ0v) is 14.4. The number of amides is 1. The van der Waals surface area contributed by atoms with E-state index in [0.717, 1.165) is 37.2 Å². The number of nitrogens with one attached hydrogen (secondary N) is 2. The Morgan fingerprint density at radius 3 is 3.00 bits per heavy atom. The smallest absolute Gasteiger partial charge is 0.254 e. The third-order valence-electron chi connectivity index (χ3n) is 4.89. The summed E-state index contributed by atoms with van der Waals surface area (Å²) in [6.07, 6.45) is 3.32. The highest BCUT2D eigenvalue weighted by molar-refractivity contribution is 5.95. The van der Waals surface area contributed by atoms with E-state index in [-0.39, 0.29) is 11.3 Å². The molecule has 1 aliphatic heterocycles. The van der Waals surface area contributed by atoms with Gasteiger partial charge in [-0.3, -0.25) is 14.8 Å². The molecule has 1 fully saturated rings. The molecule has 1 saturated heterocycles. The van der Waals surface area contributed by atoms with Crippen LogP contribution in [0, 0.1) is 11.6 Å². The van der Waals surface area contributed by atoms with Crippen LogP contribution in [0.15, 0.2) is 24.4 Å². The Labute approximate surface area is 145 Å². The average Bonchev–Trinajstić information content (AvgIpc) is 3.08. The van der Waals surface area contributed by atoms with Crippen molar-refractivity contribution in [1.29, 1.82) is 0 Å². The summed E-state index contributed by atoms with van der Waals surface area (Å²) in [5.74, 6) is -1.02. The van der Waals surface area contributed by atoms with Gasteiger partial charge in [-0.05, 0) is 37.6 Å². The largest absolute Gasteiger partial charge is 0.355 e. The standard InChI is InChI=1S/C18H22F2N4O/c1-18(16-14(9-22-23-16)17(25)21-2)6-3-7-24(11-18)10-12-8-13(19)4-5-15(12)20/h4-5,8-9H,3,6-7,10-11H2,1-2H3,(H,21,25)(H,22,23). The fourth-order valence-electron chi connectivity index (χ4n) is 3.64. The Morgan fingerprint density at radius 1 is 1.44 bits per heavy atom. The van der Waals surface area contributed by atoms with Crippen LogP contribution in [0.5, 0.6) is 0 Å². The molecule has 1 aliphatic rings. The van der Waals surface area contributed by atoms with Crippen molar-refractivity contribution in [3.05, 3.63) is 52.9 Å². The third kappa shape index (κ3) is 3.56. The molecule has 0 bridgehead atoms. The molecule has 2 heterocycles. The molecule has 25 heavy (non-hydrogen) atoms. The monoisotopic (exact) mass is 348 g/mol. The van der Waals surface area contributed by atoms with Gasteiger partial charge in [0.05, 0.1) is 17.5 Å². The van der Waals surface area contributed by atoms with Gasteiger partial charge in [-0.25, -0.2) is 8.78 Å². The van der Waals surface area contributed by atoms with Crippen molar-refractivity contribution >= 4 is 5.91 Å². The number of rotatable bonds is 4. The van der Waals surface area contributed by atoms with E-state index in [1.807, 2.05) is 0 Å². The number of hydrogen-bond donors (Lipinski definition) is 2. The molecule has 1 aromatic carbocycles. The lowest BCUT2D eigenvalue weighted by atomic mass is 9.77. The van der Waals surface area contributed by atoms with Crippen LogP contribution in [-0.4, -0.2) is 41.1 Å². The van der Waals surface area contributed by atoms with Crippen molar-refractivity contribution in [3.63, 3.8) is 0 Å². The quantitative estimate of drug-likeness (QED) is 0.893. The minimum atomic E-state index is -0.438. The maximum absolute atomic E-state index is 13.9. The van der Waals surface area contributed by atoms with Crippen molar-refractivity contribution in [2.45, 2.75) is 31.7 Å². The van der Waals surface area contributed by atoms with Crippen LogP contribution in [0.3, 0.4) is 0 Å². The Balaban J connectivity index is 1.82. The Kier molecular flexibility index (Phi) is 4.85. The number of benzene rings is 1. The van der Waals surface area contributed by atoms with Gasteiger partial charge in [0.25, 0.3) is 5.91 Å². The van der Waals surface area contributed by atoms with Crippen LogP contribution in [-0.2, 0) is 12.0 Å². The number of carbonyl (C=O) groups excluding carboxylic acids is 1. The van der Waals surface area contributed by atoms with Crippen LogP contribution in [0.2, 0.25) is 0 Å². The molecule has 0 aliphatic carbocycles. The van der Waals surface area contributed by atoms with Gasteiger partial charge in [0, 0.05) is 31.1 Å². The van der Waals surface area contributed by atoms with Gasteiger partial charge in [0.15, 0.2) is 0 Å². The van der Waals surface area contributed by atoms with Crippen molar-refractivity contribution < 1.29 is 13.6 Å². The maximum Gasteiger partial charge on any atom is 0.254 e. The van der Waals surface area contributed by atoms with Crippen LogP contribution in [0.4, 0.5) is 8.78 Å². The summed E-state index contributed by atoms with van der Waals surface area (Å²) in [7, 11) is 1.58. The molecule has 134 valence electrons. The predicted octanol–water partition coefficient (Wildman–Crippen LogP) is 2.60. The Morgan fingerprint density at radius 2 is 2.24 bits per heavy atom. The molecule has 7 heteroatoms. The number of hydrogen-bond acceptors (Lipinski definition) is 3. The van der Waals surface area contributed by atoms with Crippen LogP contribution in [0.25, 0.3) is 0 Å². The Hall–Kier alpha value is -2.28. The van der Waals surface area contributed by atoms with E-state index in [4.69, 9.17) is 0 Å². The van der Waals surface area contributed by atoms with E-state index in [0.29, 0.717) is 24.2 Å². The highest BCUT2D eigenvalue weighted by Crippen LogP contribution is 2.35. The Bertz CT molecular complexity index is 776. The third-order valence-corrected chi connectivity index (χ3v) is 4.89. The second kappa shape index (κ2) is 6.92. The van der Waals surface area contributed by atoms with E-state index in [1.165, 1.54) is 12.3 Å². The molecule has 1 atom stereocenters. The number of halogens is 2. The summed E-state index contributed by atoms with van der Waals surface area (Å²) >= 11 is 0. The lowest BCUT2D eigenvalue weighted by Gasteiger charge is -2.40. The topological polar surface area (TPSA) is 61.0 Å². The summed E-state index contributed by atoms with van der Waals surface area (Å²) in [6.45, 7) is 3.84. The predicted molar refractivity (Wildman–Crippen MR) is 90.2 cm³/mol. The highest BCUT2D eigenvalue weighted by atomic mass is 19.1. The minimum Gasteiger partial charge on any atom is -0.355 e. The molecule has 0 radical (unpaired) electrons. The lowest BCUT2D eigenvalue weighted by Crippen LogP contribution is -2.45. The second-order valence-electron chi connectivity index (χ2n) is 6.85. The van der Waals surface area contributed by atoms with Crippen LogP contribution < -0.4 is 5.32 Å². The molecule has 1 unspecified atom stereocenters. The van der Waals surface area contributed by atoms with Gasteiger partial charge < -0.3 is 5.32 Å². The highest BCUT2D eigenvalue weighted by Gasteiger charge is 2.37. The first-order chi connectivity index (χ1) is 11.9. The number of likely N-dealkylation sites (tertiary alicyclic amines) is 1. The fourth-order valence-corrected chi connectivity index (χ4v) is 3.64. The summed E-state index contributed by atoms with van der Waals surface area (Å²) in [4.78, 5) is 14.2. The molecule has 1 aromatic heterocycles. The number of aromatic amines is 1. The zero-order chi connectivity index (χ0) is 18.0. The second-order valence-corrected chi connectivity index (χ2v) is 6.85. The molecule has 0 spiro atoms.